The van der Waals surface area contributed by atoms with Gasteiger partial charge < -0.3 is 19.3 Å². The quantitative estimate of drug-likeness (QED) is 0.427. The summed E-state index contributed by atoms with van der Waals surface area (Å²) in [6, 6.07) is 7.60. The van der Waals surface area contributed by atoms with Crippen LogP contribution in [-0.4, -0.2) is 131 Å². The molecule has 0 unspecified atom stereocenters. The van der Waals surface area contributed by atoms with Gasteiger partial charge in [0, 0.05) is 64.9 Å². The van der Waals surface area contributed by atoms with Gasteiger partial charge in [0.25, 0.3) is 0 Å². The number of sulfone groups is 1. The predicted octanol–water partition coefficient (Wildman–Crippen LogP) is 1.13. The van der Waals surface area contributed by atoms with E-state index in [4.69, 9.17) is 14.7 Å². The first kappa shape index (κ1) is 28.3. The van der Waals surface area contributed by atoms with E-state index in [0.29, 0.717) is 45.1 Å². The third kappa shape index (κ3) is 8.42. The van der Waals surface area contributed by atoms with Crippen molar-refractivity contribution in [3.63, 3.8) is 0 Å². The summed E-state index contributed by atoms with van der Waals surface area (Å²) in [4.78, 5) is 22.0. The van der Waals surface area contributed by atoms with Crippen molar-refractivity contribution in [2.45, 2.75) is 24.8 Å². The number of hydrogen-bond donors (Lipinski definition) is 0. The van der Waals surface area contributed by atoms with Gasteiger partial charge in [-0.2, -0.15) is 5.26 Å². The minimum Gasteiger partial charge on any atom is -0.379 e. The Kier molecular flexibility index (Phi) is 10.9. The largest absolute Gasteiger partial charge is 0.379 e. The first-order valence-corrected chi connectivity index (χ1v) is 14.3. The normalized spacial score (nSPS) is 17.6. The summed E-state index contributed by atoms with van der Waals surface area (Å²) in [6.07, 6.45) is 0. The van der Waals surface area contributed by atoms with Crippen LogP contribution in [0.3, 0.4) is 0 Å². The highest BCUT2D eigenvalue weighted by Gasteiger charge is 2.27. The van der Waals surface area contributed by atoms with E-state index in [1.54, 1.807) is 4.90 Å². The van der Waals surface area contributed by atoms with Gasteiger partial charge in [-0.05, 0) is 38.1 Å². The number of morpholine rings is 2. The number of benzene rings is 1. The highest BCUT2D eigenvalue weighted by atomic mass is 32.2. The molecule has 2 heterocycles. The highest BCUT2D eigenvalue weighted by molar-refractivity contribution is 7.91. The second-order valence-corrected chi connectivity index (χ2v) is 11.5. The van der Waals surface area contributed by atoms with Crippen LogP contribution in [0, 0.1) is 11.3 Å². The molecule has 11 heteroatoms. The topological polar surface area (TPSA) is 106 Å². The van der Waals surface area contributed by atoms with Gasteiger partial charge in [0.15, 0.2) is 9.84 Å². The van der Waals surface area contributed by atoms with Gasteiger partial charge in [0.1, 0.15) is 0 Å². The Morgan fingerprint density at radius 3 is 1.89 bits per heavy atom. The first-order valence-electron chi connectivity index (χ1n) is 12.7. The standard InChI is InChI=1S/C25H39N5O5S/c1-22(2)30(15-20-36(32,33)24-5-3-23(21-26)4-6-24)25(31)29(9-7-27-11-16-34-17-12-27)10-8-28-13-18-35-19-14-28/h3-6,22H,7-20H2,1-2H3. The van der Waals surface area contributed by atoms with Crippen molar-refractivity contribution < 1.29 is 22.7 Å². The molecule has 1 aromatic carbocycles. The minimum atomic E-state index is -3.60. The molecular formula is C25H39N5O5S. The number of rotatable bonds is 11. The van der Waals surface area contributed by atoms with Gasteiger partial charge in [-0.1, -0.05) is 0 Å². The minimum absolute atomic E-state index is 0.102. The summed E-state index contributed by atoms with van der Waals surface area (Å²) < 4.78 is 36.8. The Morgan fingerprint density at radius 1 is 0.944 bits per heavy atom. The van der Waals surface area contributed by atoms with Gasteiger partial charge >= 0.3 is 6.03 Å². The molecule has 2 aliphatic rings. The summed E-state index contributed by atoms with van der Waals surface area (Å²) in [7, 11) is -3.60. The Labute approximate surface area is 215 Å². The van der Waals surface area contributed by atoms with Crippen LogP contribution in [0.2, 0.25) is 0 Å². The van der Waals surface area contributed by atoms with Crippen LogP contribution in [0.5, 0.6) is 0 Å². The van der Waals surface area contributed by atoms with Gasteiger partial charge in [0.2, 0.25) is 0 Å². The summed E-state index contributed by atoms with van der Waals surface area (Å²) in [5, 5.41) is 8.97. The molecule has 200 valence electrons. The molecule has 0 bridgehead atoms. The SMILES string of the molecule is CC(C)N(CCS(=O)(=O)c1ccc(C#N)cc1)C(=O)N(CCN1CCOCC1)CCN1CCOCC1. The van der Waals surface area contributed by atoms with Crippen molar-refractivity contribution in [1.82, 2.24) is 19.6 Å². The summed E-state index contributed by atoms with van der Waals surface area (Å²) in [5.41, 5.74) is 0.407. The second-order valence-electron chi connectivity index (χ2n) is 9.42. The fourth-order valence-electron chi connectivity index (χ4n) is 4.31. The molecule has 0 atom stereocenters. The van der Waals surface area contributed by atoms with Gasteiger partial charge in [-0.3, -0.25) is 9.80 Å². The van der Waals surface area contributed by atoms with E-state index in [1.807, 2.05) is 24.8 Å². The zero-order valence-electron chi connectivity index (χ0n) is 21.5. The maximum atomic E-state index is 13.7. The molecule has 0 spiro atoms. The number of nitriles is 1. The lowest BCUT2D eigenvalue weighted by Gasteiger charge is -2.36. The number of hydrogen-bond acceptors (Lipinski definition) is 8. The summed E-state index contributed by atoms with van der Waals surface area (Å²) in [6.45, 7) is 12.8. The number of carbonyl (C=O) groups is 1. The van der Waals surface area contributed by atoms with Gasteiger partial charge in [-0.25, -0.2) is 13.2 Å². The smallest absolute Gasteiger partial charge is 0.320 e. The average Bonchev–Trinajstić information content (AvgIpc) is 2.89. The van der Waals surface area contributed by atoms with E-state index in [9.17, 15) is 13.2 Å². The maximum absolute atomic E-state index is 13.7. The molecule has 2 saturated heterocycles. The maximum Gasteiger partial charge on any atom is 0.320 e. The molecule has 36 heavy (non-hydrogen) atoms. The van der Waals surface area contributed by atoms with Gasteiger partial charge in [0.05, 0.1) is 48.7 Å². The molecule has 3 rings (SSSR count). The number of carbonyl (C=O) groups excluding carboxylic acids is 1. The highest BCUT2D eigenvalue weighted by Crippen LogP contribution is 2.14. The van der Waals surface area contributed by atoms with E-state index in [0.717, 1.165) is 39.3 Å². The van der Waals surface area contributed by atoms with Crippen molar-refractivity contribution in [2.24, 2.45) is 0 Å². The van der Waals surface area contributed by atoms with Crippen molar-refractivity contribution in [1.29, 1.82) is 5.26 Å². The third-order valence-corrected chi connectivity index (χ3v) is 8.37. The van der Waals surface area contributed by atoms with Crippen molar-refractivity contribution in [3.05, 3.63) is 29.8 Å². The molecule has 0 N–H and O–H groups in total. The lowest BCUT2D eigenvalue weighted by molar-refractivity contribution is 0.0269. The summed E-state index contributed by atoms with van der Waals surface area (Å²) >= 11 is 0. The second kappa shape index (κ2) is 13.9. The zero-order chi connectivity index (χ0) is 26.0. The monoisotopic (exact) mass is 521 g/mol. The molecule has 2 fully saturated rings. The number of ether oxygens (including phenoxy) is 2. The molecule has 2 aliphatic heterocycles. The third-order valence-electron chi connectivity index (χ3n) is 6.66. The van der Waals surface area contributed by atoms with Crippen molar-refractivity contribution in [2.75, 3.05) is 91.1 Å². The molecule has 0 aliphatic carbocycles. The van der Waals surface area contributed by atoms with Crippen molar-refractivity contribution >= 4 is 15.9 Å². The fourth-order valence-corrected chi connectivity index (χ4v) is 5.53. The lowest BCUT2D eigenvalue weighted by Crippen LogP contribution is -2.52. The molecule has 0 aromatic heterocycles. The number of urea groups is 1. The summed E-state index contributed by atoms with van der Waals surface area (Å²) in [5.74, 6) is -0.177. The average molecular weight is 522 g/mol. The molecule has 10 nitrogen and oxygen atoms in total. The van der Waals surface area contributed by atoms with Crippen LogP contribution >= 0.6 is 0 Å². The van der Waals surface area contributed by atoms with Crippen LogP contribution in [0.4, 0.5) is 4.79 Å². The van der Waals surface area contributed by atoms with Crippen LogP contribution < -0.4 is 0 Å². The Balaban J connectivity index is 1.66. The number of nitrogens with zero attached hydrogens (tertiary/aromatic N) is 5. The van der Waals surface area contributed by atoms with Crippen molar-refractivity contribution in [3.8, 4) is 6.07 Å². The lowest BCUT2D eigenvalue weighted by atomic mass is 10.2. The first-order chi connectivity index (χ1) is 17.3. The van der Waals surface area contributed by atoms with Crippen LogP contribution in [-0.2, 0) is 19.3 Å². The van der Waals surface area contributed by atoms with Crippen LogP contribution in [0.1, 0.15) is 19.4 Å². The Hall–Kier alpha value is -2.23. The predicted molar refractivity (Wildman–Crippen MR) is 137 cm³/mol. The Bertz CT molecular complexity index is 946. The molecule has 0 saturated carbocycles. The fraction of sp³-hybridized carbons (Fsp3) is 0.680. The van der Waals surface area contributed by atoms with Gasteiger partial charge in [-0.15, -0.1) is 0 Å². The molecule has 2 amide bonds. The number of amides is 2. The molecule has 1 aromatic rings. The molecular weight excluding hydrogens is 482 g/mol. The van der Waals surface area contributed by atoms with E-state index >= 15 is 0 Å². The van der Waals surface area contributed by atoms with Crippen LogP contribution in [0.25, 0.3) is 0 Å². The molecule has 0 radical (unpaired) electrons. The zero-order valence-corrected chi connectivity index (χ0v) is 22.3. The van der Waals surface area contributed by atoms with E-state index in [2.05, 4.69) is 9.80 Å². The van der Waals surface area contributed by atoms with E-state index in [1.165, 1.54) is 24.3 Å². The van der Waals surface area contributed by atoms with Crippen LogP contribution in [0.15, 0.2) is 29.2 Å². The Morgan fingerprint density at radius 2 is 1.44 bits per heavy atom. The van der Waals surface area contributed by atoms with E-state index < -0.39 is 9.84 Å². The van der Waals surface area contributed by atoms with E-state index in [-0.39, 0.29) is 29.3 Å².